The van der Waals surface area contributed by atoms with Gasteiger partial charge in [-0.3, -0.25) is 9.59 Å². The smallest absolute Gasteiger partial charge is 0.256 e. The monoisotopic (exact) mass is 358 g/mol. The van der Waals surface area contributed by atoms with Crippen LogP contribution in [0.4, 0.5) is 4.39 Å². The van der Waals surface area contributed by atoms with E-state index in [1.165, 1.54) is 12.1 Å². The van der Waals surface area contributed by atoms with Crippen LogP contribution >= 0.6 is 0 Å². The summed E-state index contributed by atoms with van der Waals surface area (Å²) in [6.45, 7) is 6.22. The van der Waals surface area contributed by atoms with Gasteiger partial charge in [0.15, 0.2) is 0 Å². The van der Waals surface area contributed by atoms with Crippen LogP contribution in [-0.2, 0) is 4.79 Å². The fourth-order valence-electron chi connectivity index (χ4n) is 3.34. The second-order valence-electron chi connectivity index (χ2n) is 6.87. The van der Waals surface area contributed by atoms with Gasteiger partial charge in [-0.15, -0.1) is 0 Å². The molecule has 0 unspecified atom stereocenters. The molecule has 1 aromatic heterocycles. The molecule has 6 nitrogen and oxygen atoms in total. The molecule has 3 rings (SSSR count). The van der Waals surface area contributed by atoms with E-state index in [4.69, 9.17) is 0 Å². The van der Waals surface area contributed by atoms with Crippen molar-refractivity contribution in [3.63, 3.8) is 0 Å². The van der Waals surface area contributed by atoms with Crippen LogP contribution in [0, 0.1) is 19.7 Å². The number of aromatic nitrogens is 2. The zero-order chi connectivity index (χ0) is 19.0. The summed E-state index contributed by atoms with van der Waals surface area (Å²) in [5, 5.41) is 0. The first-order valence-corrected chi connectivity index (χ1v) is 8.75. The maximum atomic E-state index is 14.0. The maximum absolute atomic E-state index is 14.0. The Morgan fingerprint density at radius 1 is 1.15 bits per heavy atom. The van der Waals surface area contributed by atoms with Crippen molar-refractivity contribution in [2.45, 2.75) is 39.7 Å². The second-order valence-corrected chi connectivity index (χ2v) is 6.87. The van der Waals surface area contributed by atoms with Gasteiger partial charge in [0.2, 0.25) is 5.91 Å². The highest BCUT2D eigenvalue weighted by Crippen LogP contribution is 2.23. The number of rotatable bonds is 2. The molecule has 0 radical (unpaired) electrons. The van der Waals surface area contributed by atoms with Crippen LogP contribution in [0.5, 0.6) is 0 Å². The number of likely N-dealkylation sites (tertiary alicyclic amines) is 1. The quantitative estimate of drug-likeness (QED) is 0.827. The van der Waals surface area contributed by atoms with Crippen LogP contribution in [0.25, 0.3) is 11.0 Å². The lowest BCUT2D eigenvalue weighted by Gasteiger charge is -2.36. The first-order valence-electron chi connectivity index (χ1n) is 8.75. The highest BCUT2D eigenvalue weighted by atomic mass is 19.1. The summed E-state index contributed by atoms with van der Waals surface area (Å²) in [6, 6.07) is 2.67. The van der Waals surface area contributed by atoms with Crippen LogP contribution in [0.15, 0.2) is 12.1 Å². The molecule has 2 heterocycles. The molecule has 0 N–H and O–H groups in total. The number of hydrogen-bond acceptors (Lipinski definition) is 4. The molecule has 1 aliphatic heterocycles. The van der Waals surface area contributed by atoms with Gasteiger partial charge in [0.1, 0.15) is 11.3 Å². The lowest BCUT2D eigenvalue weighted by atomic mass is 10.0. The van der Waals surface area contributed by atoms with Crippen molar-refractivity contribution in [3.8, 4) is 0 Å². The Bertz CT molecular complexity index is 875. The molecule has 26 heavy (non-hydrogen) atoms. The van der Waals surface area contributed by atoms with Crippen molar-refractivity contribution in [2.75, 3.05) is 20.1 Å². The Kier molecular flexibility index (Phi) is 4.89. The van der Waals surface area contributed by atoms with E-state index in [1.807, 2.05) is 13.8 Å². The van der Waals surface area contributed by atoms with E-state index in [1.54, 1.807) is 23.8 Å². The van der Waals surface area contributed by atoms with Gasteiger partial charge in [-0.1, -0.05) is 0 Å². The maximum Gasteiger partial charge on any atom is 0.256 e. The summed E-state index contributed by atoms with van der Waals surface area (Å²) in [5.74, 6) is -0.715. The molecule has 0 atom stereocenters. The van der Waals surface area contributed by atoms with Crippen LogP contribution in [0.3, 0.4) is 0 Å². The minimum atomic E-state index is -0.496. The SMILES string of the molecule is CC(=O)N(C)C1CCN(C(=O)c2cc(F)cc3nc(C)c(C)nc23)CC1. The molecule has 1 aliphatic rings. The van der Waals surface area contributed by atoms with Crippen LogP contribution in [0.1, 0.15) is 41.5 Å². The highest BCUT2D eigenvalue weighted by molar-refractivity contribution is 6.04. The summed E-state index contributed by atoms with van der Waals surface area (Å²) in [7, 11) is 1.78. The first kappa shape index (κ1) is 18.2. The van der Waals surface area contributed by atoms with Crippen molar-refractivity contribution in [1.82, 2.24) is 19.8 Å². The van der Waals surface area contributed by atoms with Crippen molar-refractivity contribution < 1.29 is 14.0 Å². The number of carbonyl (C=O) groups excluding carboxylic acids is 2. The Morgan fingerprint density at radius 3 is 2.38 bits per heavy atom. The molecule has 0 bridgehead atoms. The molecule has 1 aromatic carbocycles. The zero-order valence-electron chi connectivity index (χ0n) is 15.5. The van der Waals surface area contributed by atoms with Gasteiger partial charge in [0.25, 0.3) is 5.91 Å². The zero-order valence-corrected chi connectivity index (χ0v) is 15.5. The lowest BCUT2D eigenvalue weighted by molar-refractivity contribution is -0.130. The minimum absolute atomic E-state index is 0.0204. The minimum Gasteiger partial charge on any atom is -0.343 e. The third kappa shape index (κ3) is 3.38. The predicted molar refractivity (Wildman–Crippen MR) is 96.3 cm³/mol. The number of hydrogen-bond donors (Lipinski definition) is 0. The third-order valence-electron chi connectivity index (χ3n) is 5.17. The largest absolute Gasteiger partial charge is 0.343 e. The summed E-state index contributed by atoms with van der Waals surface area (Å²) < 4.78 is 14.0. The van der Waals surface area contributed by atoms with E-state index >= 15 is 0 Å². The number of nitrogens with zero attached hydrogens (tertiary/aromatic N) is 4. The number of carbonyl (C=O) groups is 2. The second kappa shape index (κ2) is 6.97. The number of fused-ring (bicyclic) bond motifs is 1. The van der Waals surface area contributed by atoms with Crippen molar-refractivity contribution in [2.24, 2.45) is 0 Å². The van der Waals surface area contributed by atoms with E-state index in [2.05, 4.69) is 9.97 Å². The third-order valence-corrected chi connectivity index (χ3v) is 5.17. The number of piperidine rings is 1. The normalized spacial score (nSPS) is 15.3. The van der Waals surface area contributed by atoms with Gasteiger partial charge in [0.05, 0.1) is 22.5 Å². The summed E-state index contributed by atoms with van der Waals surface area (Å²) in [5.41, 5.74) is 2.51. The predicted octanol–water partition coefficient (Wildman–Crippen LogP) is 2.47. The van der Waals surface area contributed by atoms with Crippen molar-refractivity contribution in [1.29, 1.82) is 0 Å². The Labute approximate surface area is 152 Å². The van der Waals surface area contributed by atoms with Crippen LogP contribution in [-0.4, -0.2) is 57.8 Å². The molecular weight excluding hydrogens is 335 g/mol. The summed E-state index contributed by atoms with van der Waals surface area (Å²) in [6.07, 6.45) is 1.41. The molecule has 0 aliphatic carbocycles. The van der Waals surface area contributed by atoms with Crippen LogP contribution < -0.4 is 0 Å². The molecule has 1 saturated heterocycles. The van der Waals surface area contributed by atoms with Crippen LogP contribution in [0.2, 0.25) is 0 Å². The van der Waals surface area contributed by atoms with E-state index in [-0.39, 0.29) is 23.4 Å². The molecule has 0 spiro atoms. The molecular formula is C19H23FN4O2. The average Bonchev–Trinajstić information content (AvgIpc) is 2.61. The molecule has 2 aromatic rings. The van der Waals surface area contributed by atoms with Gasteiger partial charge in [-0.2, -0.15) is 0 Å². The Morgan fingerprint density at radius 2 is 1.77 bits per heavy atom. The standard InChI is InChI=1S/C19H23FN4O2/c1-11-12(2)22-18-16(9-14(20)10-17(18)21-11)19(26)24-7-5-15(6-8-24)23(4)13(3)25/h9-10,15H,5-8H2,1-4H3. The fourth-order valence-corrected chi connectivity index (χ4v) is 3.34. The Hall–Kier alpha value is -2.57. The van der Waals surface area contributed by atoms with Crippen molar-refractivity contribution >= 4 is 22.8 Å². The first-order chi connectivity index (χ1) is 12.3. The number of benzene rings is 1. The van der Waals surface area contributed by atoms with Gasteiger partial charge >= 0.3 is 0 Å². The molecule has 0 saturated carbocycles. The van der Waals surface area contributed by atoms with E-state index < -0.39 is 5.82 Å². The molecule has 2 amide bonds. The summed E-state index contributed by atoms with van der Waals surface area (Å²) in [4.78, 5) is 36.7. The molecule has 1 fully saturated rings. The number of amides is 2. The van der Waals surface area contributed by atoms with E-state index in [9.17, 15) is 14.0 Å². The number of halogens is 1. The van der Waals surface area contributed by atoms with Gasteiger partial charge in [-0.05, 0) is 32.8 Å². The topological polar surface area (TPSA) is 66.4 Å². The number of aryl methyl sites for hydroxylation is 2. The average molecular weight is 358 g/mol. The molecule has 7 heteroatoms. The Balaban J connectivity index is 1.87. The van der Waals surface area contributed by atoms with Gasteiger partial charge in [0, 0.05) is 39.2 Å². The summed E-state index contributed by atoms with van der Waals surface area (Å²) >= 11 is 0. The fraction of sp³-hybridized carbons (Fsp3) is 0.474. The van der Waals surface area contributed by atoms with Gasteiger partial charge in [-0.25, -0.2) is 14.4 Å². The highest BCUT2D eigenvalue weighted by Gasteiger charge is 2.28. The van der Waals surface area contributed by atoms with Crippen molar-refractivity contribution in [3.05, 3.63) is 34.9 Å². The molecule has 138 valence electrons. The lowest BCUT2D eigenvalue weighted by Crippen LogP contribution is -2.46. The van der Waals surface area contributed by atoms with E-state index in [0.29, 0.717) is 37.0 Å². The van der Waals surface area contributed by atoms with Gasteiger partial charge < -0.3 is 9.80 Å². The van der Waals surface area contributed by atoms with E-state index in [0.717, 1.165) is 11.4 Å².